The van der Waals surface area contributed by atoms with Crippen molar-refractivity contribution in [2.24, 2.45) is 0 Å². The fraction of sp³-hybridized carbons (Fsp3) is 0.300. The van der Waals surface area contributed by atoms with Gasteiger partial charge in [-0.3, -0.25) is 0 Å². The molecule has 0 aliphatic heterocycles. The van der Waals surface area contributed by atoms with Gasteiger partial charge in [-0.1, -0.05) is 18.5 Å². The summed E-state index contributed by atoms with van der Waals surface area (Å²) in [5, 5.41) is 9.52. The predicted octanol–water partition coefficient (Wildman–Crippen LogP) is 3.93. The summed E-state index contributed by atoms with van der Waals surface area (Å²) in [6.07, 6.45) is 0. The number of rotatable bonds is 3. The van der Waals surface area contributed by atoms with Gasteiger partial charge in [0.05, 0.1) is 10.6 Å². The minimum absolute atomic E-state index is 0.348. The second-order valence-corrected chi connectivity index (χ2v) is 5.06. The molecular weight excluding hydrogens is 237 g/mol. The van der Waals surface area contributed by atoms with E-state index in [-0.39, 0.29) is 0 Å². The van der Waals surface area contributed by atoms with Gasteiger partial charge in [0.25, 0.3) is 0 Å². The fourth-order valence-electron chi connectivity index (χ4n) is 0.924. The molecule has 0 aliphatic rings. The SMILES string of the molecule is CC(CCl)Sc1ccc(C#N)c(Cl)c1. The van der Waals surface area contributed by atoms with Gasteiger partial charge in [-0.2, -0.15) is 5.26 Å². The van der Waals surface area contributed by atoms with Crippen LogP contribution in [0.2, 0.25) is 5.02 Å². The molecule has 0 heterocycles. The molecule has 1 unspecified atom stereocenters. The lowest BCUT2D eigenvalue weighted by Gasteiger charge is -2.07. The van der Waals surface area contributed by atoms with Crippen molar-refractivity contribution in [1.82, 2.24) is 0 Å². The highest BCUT2D eigenvalue weighted by molar-refractivity contribution is 8.00. The Balaban J connectivity index is 2.82. The molecule has 1 rings (SSSR count). The topological polar surface area (TPSA) is 23.8 Å². The Morgan fingerprint density at radius 1 is 1.57 bits per heavy atom. The maximum Gasteiger partial charge on any atom is 0.101 e. The lowest BCUT2D eigenvalue weighted by Crippen LogP contribution is -1.96. The third kappa shape index (κ3) is 3.09. The number of hydrogen-bond donors (Lipinski definition) is 0. The largest absolute Gasteiger partial charge is 0.192 e. The summed E-state index contributed by atoms with van der Waals surface area (Å²) in [4.78, 5) is 1.04. The Labute approximate surface area is 98.0 Å². The van der Waals surface area contributed by atoms with Crippen molar-refractivity contribution >= 4 is 35.0 Å². The van der Waals surface area contributed by atoms with Crippen LogP contribution in [0.25, 0.3) is 0 Å². The molecule has 1 atom stereocenters. The zero-order chi connectivity index (χ0) is 10.6. The maximum atomic E-state index is 8.68. The fourth-order valence-corrected chi connectivity index (χ4v) is 2.26. The van der Waals surface area contributed by atoms with E-state index >= 15 is 0 Å². The van der Waals surface area contributed by atoms with Crippen LogP contribution in [0.5, 0.6) is 0 Å². The quantitative estimate of drug-likeness (QED) is 0.596. The highest BCUT2D eigenvalue weighted by atomic mass is 35.5. The Hall–Kier alpha value is -0.360. The van der Waals surface area contributed by atoms with E-state index in [1.165, 1.54) is 0 Å². The normalized spacial score (nSPS) is 12.1. The Bertz CT molecular complexity index is 360. The number of alkyl halides is 1. The first-order chi connectivity index (χ1) is 6.67. The van der Waals surface area contributed by atoms with Crippen LogP contribution in [0, 0.1) is 11.3 Å². The lowest BCUT2D eigenvalue weighted by molar-refractivity contribution is 1.12. The van der Waals surface area contributed by atoms with Gasteiger partial charge in [0, 0.05) is 16.0 Å². The van der Waals surface area contributed by atoms with E-state index in [1.54, 1.807) is 23.9 Å². The zero-order valence-corrected chi connectivity index (χ0v) is 9.96. The number of nitrogens with zero attached hydrogens (tertiary/aromatic N) is 1. The van der Waals surface area contributed by atoms with E-state index in [1.807, 2.05) is 19.1 Å². The Kier molecular flexibility index (Phi) is 4.60. The second kappa shape index (κ2) is 5.50. The van der Waals surface area contributed by atoms with Gasteiger partial charge >= 0.3 is 0 Å². The number of thioether (sulfide) groups is 1. The van der Waals surface area contributed by atoms with E-state index in [4.69, 9.17) is 28.5 Å². The van der Waals surface area contributed by atoms with Crippen LogP contribution in [-0.2, 0) is 0 Å². The number of halogens is 2. The number of nitriles is 1. The molecule has 1 aromatic rings. The van der Waals surface area contributed by atoms with Crippen LogP contribution in [0.3, 0.4) is 0 Å². The van der Waals surface area contributed by atoms with Crippen molar-refractivity contribution in [1.29, 1.82) is 5.26 Å². The van der Waals surface area contributed by atoms with Crippen molar-refractivity contribution in [3.63, 3.8) is 0 Å². The van der Waals surface area contributed by atoms with E-state index in [0.29, 0.717) is 21.7 Å². The van der Waals surface area contributed by atoms with Gasteiger partial charge in [0.15, 0.2) is 0 Å². The minimum atomic E-state index is 0.348. The van der Waals surface area contributed by atoms with Crippen molar-refractivity contribution < 1.29 is 0 Å². The van der Waals surface area contributed by atoms with Gasteiger partial charge in [0.2, 0.25) is 0 Å². The first-order valence-corrected chi connectivity index (χ1v) is 5.89. The summed E-state index contributed by atoms with van der Waals surface area (Å²) in [5.41, 5.74) is 0.509. The smallest absolute Gasteiger partial charge is 0.101 e. The van der Waals surface area contributed by atoms with E-state index < -0.39 is 0 Å². The third-order valence-corrected chi connectivity index (χ3v) is 3.67. The van der Waals surface area contributed by atoms with Crippen LogP contribution in [0.1, 0.15) is 12.5 Å². The molecule has 0 amide bonds. The summed E-state index contributed by atoms with van der Waals surface area (Å²) in [6.45, 7) is 2.05. The van der Waals surface area contributed by atoms with Crippen LogP contribution < -0.4 is 0 Å². The Morgan fingerprint density at radius 2 is 2.29 bits per heavy atom. The molecule has 1 nitrogen and oxygen atoms in total. The molecule has 14 heavy (non-hydrogen) atoms. The van der Waals surface area contributed by atoms with E-state index in [0.717, 1.165) is 4.90 Å². The van der Waals surface area contributed by atoms with Crippen LogP contribution >= 0.6 is 35.0 Å². The number of hydrogen-bond acceptors (Lipinski definition) is 2. The highest BCUT2D eigenvalue weighted by Crippen LogP contribution is 2.27. The average Bonchev–Trinajstić information content (AvgIpc) is 2.18. The van der Waals surface area contributed by atoms with Gasteiger partial charge in [0.1, 0.15) is 6.07 Å². The molecule has 0 spiro atoms. The maximum absolute atomic E-state index is 8.68. The first-order valence-electron chi connectivity index (χ1n) is 4.09. The molecule has 0 aliphatic carbocycles. The molecule has 0 N–H and O–H groups in total. The predicted molar refractivity (Wildman–Crippen MR) is 62.2 cm³/mol. The van der Waals surface area contributed by atoms with Crippen LogP contribution in [-0.4, -0.2) is 11.1 Å². The van der Waals surface area contributed by atoms with Crippen molar-refractivity contribution in [2.45, 2.75) is 17.1 Å². The van der Waals surface area contributed by atoms with Crippen molar-refractivity contribution in [3.8, 4) is 6.07 Å². The highest BCUT2D eigenvalue weighted by Gasteiger charge is 2.05. The molecule has 0 bridgehead atoms. The Morgan fingerprint density at radius 3 is 2.79 bits per heavy atom. The van der Waals surface area contributed by atoms with Gasteiger partial charge in [-0.25, -0.2) is 0 Å². The molecule has 1 aromatic carbocycles. The molecular formula is C10H9Cl2NS. The molecule has 0 fully saturated rings. The summed E-state index contributed by atoms with van der Waals surface area (Å²) in [5.74, 6) is 0.599. The summed E-state index contributed by atoms with van der Waals surface area (Å²) in [6, 6.07) is 7.44. The summed E-state index contributed by atoms with van der Waals surface area (Å²) >= 11 is 13.2. The standard InChI is InChI=1S/C10H9Cl2NS/c1-7(5-11)14-9-3-2-8(6-13)10(12)4-9/h2-4,7H,5H2,1H3. The van der Waals surface area contributed by atoms with Crippen LogP contribution in [0.4, 0.5) is 0 Å². The molecule has 0 saturated heterocycles. The molecule has 0 saturated carbocycles. The summed E-state index contributed by atoms with van der Waals surface area (Å²) < 4.78 is 0. The first kappa shape index (κ1) is 11.7. The third-order valence-electron chi connectivity index (χ3n) is 1.62. The monoisotopic (exact) mass is 245 g/mol. The summed E-state index contributed by atoms with van der Waals surface area (Å²) in [7, 11) is 0. The van der Waals surface area contributed by atoms with E-state index in [2.05, 4.69) is 0 Å². The van der Waals surface area contributed by atoms with Crippen molar-refractivity contribution in [3.05, 3.63) is 28.8 Å². The second-order valence-electron chi connectivity index (χ2n) is 2.84. The minimum Gasteiger partial charge on any atom is -0.192 e. The number of benzene rings is 1. The van der Waals surface area contributed by atoms with Crippen molar-refractivity contribution in [2.75, 3.05) is 5.88 Å². The van der Waals surface area contributed by atoms with Gasteiger partial charge < -0.3 is 0 Å². The van der Waals surface area contributed by atoms with E-state index in [9.17, 15) is 0 Å². The lowest BCUT2D eigenvalue weighted by atomic mass is 10.2. The van der Waals surface area contributed by atoms with Gasteiger partial charge in [-0.05, 0) is 18.2 Å². The average molecular weight is 246 g/mol. The molecule has 4 heteroatoms. The molecule has 0 aromatic heterocycles. The molecule has 74 valence electrons. The molecule has 0 radical (unpaired) electrons. The zero-order valence-electron chi connectivity index (χ0n) is 7.63. The van der Waals surface area contributed by atoms with Gasteiger partial charge in [-0.15, -0.1) is 23.4 Å². The van der Waals surface area contributed by atoms with Crippen LogP contribution in [0.15, 0.2) is 23.1 Å².